The molecule has 0 unspecified atom stereocenters. The molecule has 2 N–H and O–H groups in total. The molecule has 0 aliphatic carbocycles. The third-order valence-electron chi connectivity index (χ3n) is 5.68. The molecule has 5 rings (SSSR count). The number of aromatic nitrogens is 2. The standard InChI is InChI=1S/C27H21BrFN3O/c28-18-9-12-20(13-10-18)30-26(33)7-3-5-21-22-16-19(29)11-15-24(22)32-27(21)25-14-8-17-4-1-2-6-23(17)31-25/h1-2,4,6,8-16,32H,3,5,7H2,(H,30,33). The second kappa shape index (κ2) is 9.16. The number of carbonyl (C=O) groups is 1. The minimum absolute atomic E-state index is 0.0475. The number of pyridine rings is 1. The highest BCUT2D eigenvalue weighted by molar-refractivity contribution is 9.10. The first-order chi connectivity index (χ1) is 16.1. The third-order valence-corrected chi connectivity index (χ3v) is 6.21. The molecule has 6 heteroatoms. The van der Waals surface area contributed by atoms with Gasteiger partial charge in [0.05, 0.1) is 16.9 Å². The van der Waals surface area contributed by atoms with Crippen LogP contribution in [0.2, 0.25) is 0 Å². The predicted molar refractivity (Wildman–Crippen MR) is 135 cm³/mol. The van der Waals surface area contributed by atoms with E-state index < -0.39 is 0 Å². The zero-order valence-corrected chi connectivity index (χ0v) is 19.3. The fourth-order valence-corrected chi connectivity index (χ4v) is 4.35. The molecule has 1 amide bonds. The number of anilines is 1. The Morgan fingerprint density at radius 1 is 1.00 bits per heavy atom. The molecule has 0 fully saturated rings. The van der Waals surface area contributed by atoms with E-state index in [0.29, 0.717) is 19.3 Å². The molecule has 2 aromatic heterocycles. The quantitative estimate of drug-likeness (QED) is 0.257. The van der Waals surface area contributed by atoms with E-state index in [1.807, 2.05) is 60.7 Å². The van der Waals surface area contributed by atoms with Gasteiger partial charge in [0.25, 0.3) is 0 Å². The lowest BCUT2D eigenvalue weighted by Gasteiger charge is -2.08. The normalized spacial score (nSPS) is 11.2. The zero-order valence-electron chi connectivity index (χ0n) is 17.7. The molecule has 3 aromatic carbocycles. The van der Waals surface area contributed by atoms with Crippen molar-refractivity contribution in [2.45, 2.75) is 19.3 Å². The Labute approximate surface area is 199 Å². The van der Waals surface area contributed by atoms with E-state index in [9.17, 15) is 9.18 Å². The molecule has 0 atom stereocenters. The lowest BCUT2D eigenvalue weighted by Crippen LogP contribution is -2.11. The number of amides is 1. The molecule has 0 aliphatic heterocycles. The van der Waals surface area contributed by atoms with Crippen LogP contribution >= 0.6 is 15.9 Å². The summed E-state index contributed by atoms with van der Waals surface area (Å²) in [7, 11) is 0. The Kier molecular flexibility index (Phi) is 5.92. The van der Waals surface area contributed by atoms with E-state index in [0.717, 1.165) is 48.9 Å². The van der Waals surface area contributed by atoms with Crippen molar-refractivity contribution in [2.75, 3.05) is 5.32 Å². The lowest BCUT2D eigenvalue weighted by molar-refractivity contribution is -0.116. The van der Waals surface area contributed by atoms with E-state index in [1.54, 1.807) is 12.1 Å². The summed E-state index contributed by atoms with van der Waals surface area (Å²) in [6, 6.07) is 24.2. The van der Waals surface area contributed by atoms with E-state index in [-0.39, 0.29) is 11.7 Å². The number of fused-ring (bicyclic) bond motifs is 2. The Morgan fingerprint density at radius 2 is 1.82 bits per heavy atom. The van der Waals surface area contributed by atoms with Crippen LogP contribution in [0.15, 0.2) is 83.3 Å². The largest absolute Gasteiger partial charge is 0.353 e. The fraction of sp³-hybridized carbons (Fsp3) is 0.111. The van der Waals surface area contributed by atoms with Crippen LogP contribution in [-0.4, -0.2) is 15.9 Å². The number of benzene rings is 3. The minimum Gasteiger partial charge on any atom is -0.353 e. The average molecular weight is 502 g/mol. The van der Waals surface area contributed by atoms with Crippen molar-refractivity contribution in [1.29, 1.82) is 0 Å². The molecule has 5 aromatic rings. The third kappa shape index (κ3) is 4.66. The van der Waals surface area contributed by atoms with Gasteiger partial charge in [0, 0.05) is 32.9 Å². The van der Waals surface area contributed by atoms with Crippen LogP contribution in [0.5, 0.6) is 0 Å². The van der Waals surface area contributed by atoms with Crippen molar-refractivity contribution in [3.63, 3.8) is 0 Å². The highest BCUT2D eigenvalue weighted by Crippen LogP contribution is 2.32. The fourth-order valence-electron chi connectivity index (χ4n) is 4.09. The van der Waals surface area contributed by atoms with Crippen LogP contribution < -0.4 is 5.32 Å². The van der Waals surface area contributed by atoms with Gasteiger partial charge >= 0.3 is 0 Å². The van der Waals surface area contributed by atoms with Crippen molar-refractivity contribution in [2.24, 2.45) is 0 Å². The molecule has 0 bridgehead atoms. The number of aromatic amines is 1. The van der Waals surface area contributed by atoms with Gasteiger partial charge in [-0.15, -0.1) is 0 Å². The van der Waals surface area contributed by atoms with Crippen LogP contribution in [0, 0.1) is 5.82 Å². The number of hydrogen-bond acceptors (Lipinski definition) is 2. The van der Waals surface area contributed by atoms with Crippen molar-refractivity contribution >= 4 is 49.3 Å². The topological polar surface area (TPSA) is 57.8 Å². The van der Waals surface area contributed by atoms with Crippen molar-refractivity contribution in [3.05, 3.63) is 94.7 Å². The summed E-state index contributed by atoms with van der Waals surface area (Å²) >= 11 is 3.39. The second-order valence-electron chi connectivity index (χ2n) is 7.97. The van der Waals surface area contributed by atoms with Crippen LogP contribution in [0.3, 0.4) is 0 Å². The van der Waals surface area contributed by atoms with Gasteiger partial charge < -0.3 is 10.3 Å². The first-order valence-electron chi connectivity index (χ1n) is 10.8. The maximum absolute atomic E-state index is 14.1. The number of nitrogens with one attached hydrogen (secondary N) is 2. The van der Waals surface area contributed by atoms with Crippen LogP contribution in [0.1, 0.15) is 18.4 Å². The van der Waals surface area contributed by atoms with Crippen molar-refractivity contribution in [3.8, 4) is 11.4 Å². The van der Waals surface area contributed by atoms with E-state index in [2.05, 4.69) is 26.2 Å². The molecule has 0 saturated heterocycles. The molecule has 0 aliphatic rings. The number of aryl methyl sites for hydroxylation is 1. The van der Waals surface area contributed by atoms with E-state index in [1.165, 1.54) is 6.07 Å². The summed E-state index contributed by atoms with van der Waals surface area (Å²) in [6.07, 6.45) is 1.62. The number of nitrogens with zero attached hydrogens (tertiary/aromatic N) is 1. The van der Waals surface area contributed by atoms with Gasteiger partial charge in [0.1, 0.15) is 5.82 Å². The zero-order chi connectivity index (χ0) is 22.8. The van der Waals surface area contributed by atoms with Gasteiger partial charge in [-0.1, -0.05) is 40.2 Å². The first-order valence-corrected chi connectivity index (χ1v) is 11.6. The maximum atomic E-state index is 14.1. The van der Waals surface area contributed by atoms with E-state index in [4.69, 9.17) is 4.98 Å². The Balaban J connectivity index is 1.40. The number of para-hydroxylation sites is 1. The van der Waals surface area contributed by atoms with Gasteiger partial charge in [-0.25, -0.2) is 9.37 Å². The van der Waals surface area contributed by atoms with Gasteiger partial charge in [-0.05, 0) is 73.0 Å². The molecule has 4 nitrogen and oxygen atoms in total. The lowest BCUT2D eigenvalue weighted by atomic mass is 10.0. The first kappa shape index (κ1) is 21.3. The van der Waals surface area contributed by atoms with Crippen LogP contribution in [0.4, 0.5) is 10.1 Å². The number of hydrogen-bond donors (Lipinski definition) is 2. The van der Waals surface area contributed by atoms with Gasteiger partial charge in [-0.2, -0.15) is 0 Å². The number of rotatable bonds is 6. The summed E-state index contributed by atoms with van der Waals surface area (Å²) in [6.45, 7) is 0. The molecule has 0 spiro atoms. The summed E-state index contributed by atoms with van der Waals surface area (Å²) in [5.74, 6) is -0.331. The number of halogens is 2. The summed E-state index contributed by atoms with van der Waals surface area (Å²) in [5, 5.41) is 4.81. The molecule has 164 valence electrons. The second-order valence-corrected chi connectivity index (χ2v) is 8.88. The predicted octanol–water partition coefficient (Wildman–Crippen LogP) is 7.25. The molecule has 2 heterocycles. The SMILES string of the molecule is O=C(CCCc1c(-c2ccc3ccccc3n2)[nH]c2ccc(F)cc12)Nc1ccc(Br)cc1. The Hall–Kier alpha value is -3.51. The van der Waals surface area contributed by atoms with Crippen molar-refractivity contribution < 1.29 is 9.18 Å². The Morgan fingerprint density at radius 3 is 2.67 bits per heavy atom. The molecule has 33 heavy (non-hydrogen) atoms. The summed E-state index contributed by atoms with van der Waals surface area (Å²) < 4.78 is 15.0. The van der Waals surface area contributed by atoms with Crippen molar-refractivity contribution in [1.82, 2.24) is 9.97 Å². The summed E-state index contributed by atoms with van der Waals surface area (Å²) in [4.78, 5) is 20.7. The molecular weight excluding hydrogens is 481 g/mol. The van der Waals surface area contributed by atoms with Crippen LogP contribution in [0.25, 0.3) is 33.2 Å². The molecule has 0 saturated carbocycles. The van der Waals surface area contributed by atoms with Crippen LogP contribution in [-0.2, 0) is 11.2 Å². The smallest absolute Gasteiger partial charge is 0.224 e. The highest BCUT2D eigenvalue weighted by Gasteiger charge is 2.16. The number of H-pyrrole nitrogens is 1. The van der Waals surface area contributed by atoms with Gasteiger partial charge in [-0.3, -0.25) is 4.79 Å². The van der Waals surface area contributed by atoms with Gasteiger partial charge in [0.15, 0.2) is 0 Å². The highest BCUT2D eigenvalue weighted by atomic mass is 79.9. The number of carbonyl (C=O) groups excluding carboxylic acids is 1. The molecule has 0 radical (unpaired) electrons. The Bertz CT molecular complexity index is 1460. The van der Waals surface area contributed by atoms with Gasteiger partial charge in [0.2, 0.25) is 5.91 Å². The minimum atomic E-state index is -0.284. The monoisotopic (exact) mass is 501 g/mol. The molecular formula is C27H21BrFN3O. The average Bonchev–Trinajstić information content (AvgIpc) is 3.18. The summed E-state index contributed by atoms with van der Waals surface area (Å²) in [5.41, 5.74) is 5.17. The maximum Gasteiger partial charge on any atom is 0.224 e. The van der Waals surface area contributed by atoms with E-state index >= 15 is 0 Å².